The molecular weight excluding hydrogens is 362 g/mol. The van der Waals surface area contributed by atoms with Gasteiger partial charge in [0.25, 0.3) is 5.91 Å². The van der Waals surface area contributed by atoms with Crippen molar-refractivity contribution in [1.82, 2.24) is 24.6 Å². The molecule has 6 nitrogen and oxygen atoms in total. The third-order valence-corrected chi connectivity index (χ3v) is 6.01. The highest BCUT2D eigenvalue weighted by atomic mass is 16.2. The summed E-state index contributed by atoms with van der Waals surface area (Å²) in [4.78, 5) is 21.4. The van der Waals surface area contributed by atoms with Crippen LogP contribution >= 0.6 is 0 Å². The number of nitrogens with one attached hydrogen (secondary N) is 1. The number of nitrogens with zero attached hydrogens (tertiary/aromatic N) is 4. The van der Waals surface area contributed by atoms with Crippen LogP contribution in [0.25, 0.3) is 10.9 Å². The fraction of sp³-hybridized carbons (Fsp3) is 0.478. The Morgan fingerprint density at radius 1 is 1.28 bits per heavy atom. The second-order valence-electron chi connectivity index (χ2n) is 8.47. The van der Waals surface area contributed by atoms with E-state index in [2.05, 4.69) is 59.1 Å². The van der Waals surface area contributed by atoms with Gasteiger partial charge in [-0.1, -0.05) is 11.6 Å². The van der Waals surface area contributed by atoms with Crippen molar-refractivity contribution in [3.05, 3.63) is 53.0 Å². The Kier molecular flexibility index (Phi) is 5.46. The first-order chi connectivity index (χ1) is 14.0. The van der Waals surface area contributed by atoms with E-state index < -0.39 is 0 Å². The highest BCUT2D eigenvalue weighted by Gasteiger charge is 2.33. The van der Waals surface area contributed by atoms with Crippen LogP contribution in [0.15, 0.2) is 30.5 Å². The zero-order valence-electron chi connectivity index (χ0n) is 17.9. The van der Waals surface area contributed by atoms with E-state index in [0.29, 0.717) is 5.69 Å². The van der Waals surface area contributed by atoms with E-state index in [0.717, 1.165) is 38.8 Å². The Bertz CT molecular complexity index is 1020. The van der Waals surface area contributed by atoms with Gasteiger partial charge in [0.2, 0.25) is 0 Å². The molecule has 2 heterocycles. The van der Waals surface area contributed by atoms with Gasteiger partial charge >= 0.3 is 0 Å². The molecule has 1 unspecified atom stereocenters. The van der Waals surface area contributed by atoms with Gasteiger partial charge in [-0.05, 0) is 77.0 Å². The molecule has 1 aromatic carbocycles. The SMILES string of the molecule is Cc1ccc2[nH]c3c(c2c1)CCCC3N(CCCN(C)C)C(=O)c1ccnn1C. The molecule has 1 atom stereocenters. The van der Waals surface area contributed by atoms with Crippen molar-refractivity contribution >= 4 is 16.8 Å². The van der Waals surface area contributed by atoms with Crippen LogP contribution in [0.3, 0.4) is 0 Å². The van der Waals surface area contributed by atoms with Crippen LogP contribution in [-0.2, 0) is 13.5 Å². The minimum atomic E-state index is 0.0662. The number of hydrogen-bond donors (Lipinski definition) is 1. The molecule has 3 aromatic rings. The summed E-state index contributed by atoms with van der Waals surface area (Å²) in [5, 5.41) is 5.53. The molecule has 1 aliphatic rings. The van der Waals surface area contributed by atoms with Crippen molar-refractivity contribution in [1.29, 1.82) is 0 Å². The van der Waals surface area contributed by atoms with Crippen molar-refractivity contribution in [3.8, 4) is 0 Å². The van der Waals surface area contributed by atoms with Gasteiger partial charge in [0.15, 0.2) is 0 Å². The molecule has 0 radical (unpaired) electrons. The molecule has 1 amide bonds. The van der Waals surface area contributed by atoms with Gasteiger partial charge in [-0.25, -0.2) is 0 Å². The lowest BCUT2D eigenvalue weighted by Crippen LogP contribution is -2.39. The van der Waals surface area contributed by atoms with Gasteiger partial charge in [0.05, 0.1) is 6.04 Å². The Morgan fingerprint density at radius 3 is 2.83 bits per heavy atom. The molecule has 0 spiro atoms. The van der Waals surface area contributed by atoms with Gasteiger partial charge in [0.1, 0.15) is 5.69 Å². The Hall–Kier alpha value is -2.60. The Labute approximate surface area is 172 Å². The van der Waals surface area contributed by atoms with Crippen molar-refractivity contribution < 1.29 is 4.79 Å². The molecule has 0 saturated heterocycles. The lowest BCUT2D eigenvalue weighted by molar-refractivity contribution is 0.0634. The second kappa shape index (κ2) is 8.03. The van der Waals surface area contributed by atoms with Gasteiger partial charge in [-0.3, -0.25) is 9.48 Å². The summed E-state index contributed by atoms with van der Waals surface area (Å²) in [6.07, 6.45) is 5.80. The molecule has 4 rings (SSSR count). The molecule has 154 valence electrons. The predicted molar refractivity (Wildman–Crippen MR) is 116 cm³/mol. The van der Waals surface area contributed by atoms with Crippen LogP contribution in [0.1, 0.15) is 52.6 Å². The molecule has 0 aliphatic heterocycles. The number of aryl methyl sites for hydroxylation is 3. The number of aromatic nitrogens is 3. The number of carbonyl (C=O) groups excluding carboxylic acids is 1. The number of amides is 1. The average molecular weight is 394 g/mol. The van der Waals surface area contributed by atoms with Gasteiger partial charge in [-0.15, -0.1) is 0 Å². The van der Waals surface area contributed by atoms with E-state index in [9.17, 15) is 4.79 Å². The molecule has 1 aliphatic carbocycles. The van der Waals surface area contributed by atoms with Crippen LogP contribution in [0.2, 0.25) is 0 Å². The third kappa shape index (κ3) is 3.81. The quantitative estimate of drug-likeness (QED) is 0.695. The Balaban J connectivity index is 1.72. The summed E-state index contributed by atoms with van der Waals surface area (Å²) in [5.74, 6) is 0.0662. The van der Waals surface area contributed by atoms with Crippen LogP contribution in [0.4, 0.5) is 0 Å². The number of hydrogen-bond acceptors (Lipinski definition) is 3. The number of fused-ring (bicyclic) bond motifs is 3. The standard InChI is InChI=1S/C23H31N5O/c1-16-9-10-19-18(15-16)17-7-5-8-20(22(17)25-19)28(14-6-13-26(2)3)23(29)21-11-12-24-27(21)4/h9-12,15,20,25H,5-8,13-14H2,1-4H3. The van der Waals surface area contributed by atoms with Crippen molar-refractivity contribution in [2.45, 2.75) is 38.6 Å². The summed E-state index contributed by atoms with van der Waals surface area (Å²) < 4.78 is 1.68. The normalized spacial score (nSPS) is 16.4. The maximum atomic E-state index is 13.5. The van der Waals surface area contributed by atoms with Gasteiger partial charge in [-0.2, -0.15) is 5.10 Å². The van der Waals surface area contributed by atoms with E-state index >= 15 is 0 Å². The minimum Gasteiger partial charge on any atom is -0.356 e. The molecule has 1 N–H and O–H groups in total. The zero-order chi connectivity index (χ0) is 20.5. The first-order valence-electron chi connectivity index (χ1n) is 10.5. The number of H-pyrrole nitrogens is 1. The monoisotopic (exact) mass is 393 g/mol. The smallest absolute Gasteiger partial charge is 0.272 e. The average Bonchev–Trinajstić information content (AvgIpc) is 3.28. The van der Waals surface area contributed by atoms with E-state index in [4.69, 9.17) is 0 Å². The number of aromatic amines is 1. The topological polar surface area (TPSA) is 57.2 Å². The van der Waals surface area contributed by atoms with Gasteiger partial charge < -0.3 is 14.8 Å². The molecule has 0 fully saturated rings. The van der Waals surface area contributed by atoms with Crippen molar-refractivity contribution in [2.24, 2.45) is 7.05 Å². The lowest BCUT2D eigenvalue weighted by Gasteiger charge is -2.35. The fourth-order valence-corrected chi connectivity index (χ4v) is 4.55. The maximum Gasteiger partial charge on any atom is 0.272 e. The van der Waals surface area contributed by atoms with Crippen molar-refractivity contribution in [3.63, 3.8) is 0 Å². The number of carbonyl (C=O) groups is 1. The largest absolute Gasteiger partial charge is 0.356 e. The van der Waals surface area contributed by atoms with Crippen molar-refractivity contribution in [2.75, 3.05) is 27.2 Å². The van der Waals surface area contributed by atoms with Crippen LogP contribution in [0, 0.1) is 6.92 Å². The summed E-state index contributed by atoms with van der Waals surface area (Å²) >= 11 is 0. The molecule has 6 heteroatoms. The van der Waals surface area contributed by atoms with Crippen LogP contribution < -0.4 is 0 Å². The summed E-state index contributed by atoms with van der Waals surface area (Å²) in [6.45, 7) is 3.83. The summed E-state index contributed by atoms with van der Waals surface area (Å²) in [5.41, 5.74) is 5.70. The number of rotatable bonds is 6. The molecule has 0 bridgehead atoms. The third-order valence-electron chi connectivity index (χ3n) is 6.01. The summed E-state index contributed by atoms with van der Waals surface area (Å²) in [7, 11) is 5.99. The van der Waals surface area contributed by atoms with Crippen LogP contribution in [-0.4, -0.2) is 57.7 Å². The molecule has 0 saturated carbocycles. The fourth-order valence-electron chi connectivity index (χ4n) is 4.55. The number of benzene rings is 1. The zero-order valence-corrected chi connectivity index (χ0v) is 17.9. The van der Waals surface area contributed by atoms with Crippen LogP contribution in [0.5, 0.6) is 0 Å². The second-order valence-corrected chi connectivity index (χ2v) is 8.47. The highest BCUT2D eigenvalue weighted by molar-refractivity contribution is 5.93. The molecular formula is C23H31N5O. The lowest BCUT2D eigenvalue weighted by atomic mass is 9.90. The molecule has 2 aromatic heterocycles. The predicted octanol–water partition coefficient (Wildman–Crippen LogP) is 3.68. The Morgan fingerprint density at radius 2 is 2.10 bits per heavy atom. The van der Waals surface area contributed by atoms with E-state index in [1.54, 1.807) is 10.9 Å². The maximum absolute atomic E-state index is 13.5. The van der Waals surface area contributed by atoms with Gasteiger partial charge in [0, 0.05) is 36.4 Å². The van der Waals surface area contributed by atoms with E-state index in [1.165, 1.54) is 27.7 Å². The van der Waals surface area contributed by atoms with E-state index in [-0.39, 0.29) is 11.9 Å². The minimum absolute atomic E-state index is 0.0662. The summed E-state index contributed by atoms with van der Waals surface area (Å²) in [6, 6.07) is 8.48. The van der Waals surface area contributed by atoms with E-state index in [1.807, 2.05) is 13.1 Å². The first-order valence-corrected chi connectivity index (χ1v) is 10.5. The first kappa shape index (κ1) is 19.7. The molecule has 29 heavy (non-hydrogen) atoms. The highest BCUT2D eigenvalue weighted by Crippen LogP contribution is 2.39.